The number of hydrogen-bond acceptors (Lipinski definition) is 4. The highest BCUT2D eigenvalue weighted by Crippen LogP contribution is 2.19. The molecule has 3 rings (SSSR count). The van der Waals surface area contributed by atoms with E-state index in [0.29, 0.717) is 19.5 Å². The second kappa shape index (κ2) is 15.5. The number of alkyl halides is 1. The van der Waals surface area contributed by atoms with Crippen LogP contribution in [0, 0.1) is 0 Å². The number of aromatic nitrogens is 1. The molecular weight excluding hydrogens is 514 g/mol. The molecule has 0 bridgehead atoms. The Bertz CT molecular complexity index is 1260. The van der Waals surface area contributed by atoms with Gasteiger partial charge in [0.05, 0.1) is 0 Å². The summed E-state index contributed by atoms with van der Waals surface area (Å²) >= 11 is 5.58. The number of H-pyrrole nitrogens is 1. The fourth-order valence-electron chi connectivity index (χ4n) is 4.33. The van der Waals surface area contributed by atoms with E-state index in [0.717, 1.165) is 22.0 Å². The van der Waals surface area contributed by atoms with Crippen molar-refractivity contribution in [2.24, 2.45) is 0 Å². The van der Waals surface area contributed by atoms with Gasteiger partial charge in [-0.1, -0.05) is 60.7 Å². The maximum Gasteiger partial charge on any atom is 0.243 e. The number of hydrogen-bond donors (Lipinski definition) is 5. The molecule has 0 fully saturated rings. The van der Waals surface area contributed by atoms with Crippen LogP contribution in [0.1, 0.15) is 24.0 Å². The lowest BCUT2D eigenvalue weighted by Gasteiger charge is -2.25. The Labute approximate surface area is 234 Å². The van der Waals surface area contributed by atoms with Crippen molar-refractivity contribution in [2.75, 3.05) is 12.4 Å². The Morgan fingerprint density at radius 2 is 1.51 bits per heavy atom. The zero-order valence-electron chi connectivity index (χ0n) is 21.9. The molecule has 5 N–H and O–H groups in total. The van der Waals surface area contributed by atoms with E-state index in [2.05, 4.69) is 39.4 Å². The Kier molecular flexibility index (Phi) is 11.8. The number of amides is 3. The van der Waals surface area contributed by atoms with Gasteiger partial charge in [0, 0.05) is 36.2 Å². The molecule has 0 unspecified atom stereocenters. The minimum atomic E-state index is -0.886. The maximum atomic E-state index is 13.4. The van der Waals surface area contributed by atoms with Gasteiger partial charge in [0.2, 0.25) is 17.7 Å². The van der Waals surface area contributed by atoms with Gasteiger partial charge in [-0.2, -0.15) is 0 Å². The van der Waals surface area contributed by atoms with Gasteiger partial charge >= 0.3 is 0 Å². The number of rotatable bonds is 16. The predicted molar refractivity (Wildman–Crippen MR) is 156 cm³/mol. The first-order valence-electron chi connectivity index (χ1n) is 12.9. The maximum absolute atomic E-state index is 13.4. The lowest BCUT2D eigenvalue weighted by atomic mass is 10.0. The molecule has 0 spiro atoms. The van der Waals surface area contributed by atoms with Crippen molar-refractivity contribution < 1.29 is 14.4 Å². The number of aromatic amines is 1. The average molecular weight is 550 g/mol. The topological polar surface area (TPSA) is 115 Å². The van der Waals surface area contributed by atoms with Gasteiger partial charge in [-0.15, -0.1) is 24.8 Å². The quantitative estimate of drug-likeness (QED) is 0.139. The standard InChI is InChI=1S/C30H36ClN5O3/c1-3-10-26(35-28(37)17-31)30(39)36-27(11-4-2)29(38)34-23(20-32-18-21-12-6-5-7-13-21)16-22-19-33-25-15-9-8-14-24(22)25/h3-9,12-15,19,23,26-27,32-33H,1-2,10-11,16-18,20H2,(H,34,38)(H,35,37)(H,36,39)/t23-,26-,27-/m0/s1. The van der Waals surface area contributed by atoms with Crippen molar-refractivity contribution in [2.45, 2.75) is 43.9 Å². The number of nitrogens with one attached hydrogen (secondary N) is 5. The van der Waals surface area contributed by atoms with E-state index >= 15 is 0 Å². The van der Waals surface area contributed by atoms with E-state index in [1.807, 2.05) is 60.8 Å². The number of halogens is 1. The van der Waals surface area contributed by atoms with Crippen LogP contribution in [0.25, 0.3) is 10.9 Å². The van der Waals surface area contributed by atoms with Crippen LogP contribution in [0.3, 0.4) is 0 Å². The van der Waals surface area contributed by atoms with Gasteiger partial charge in [0.25, 0.3) is 0 Å². The summed E-state index contributed by atoms with van der Waals surface area (Å²) in [5.74, 6) is -1.59. The summed E-state index contributed by atoms with van der Waals surface area (Å²) in [6, 6.07) is 16.0. The van der Waals surface area contributed by atoms with Crippen LogP contribution >= 0.6 is 11.6 Å². The molecule has 0 saturated carbocycles. The van der Waals surface area contributed by atoms with Crippen LogP contribution in [0.15, 0.2) is 86.1 Å². The van der Waals surface area contributed by atoms with Crippen molar-refractivity contribution >= 4 is 40.2 Å². The summed E-state index contributed by atoms with van der Waals surface area (Å²) < 4.78 is 0. The van der Waals surface area contributed by atoms with Gasteiger partial charge in [-0.25, -0.2) is 0 Å². The minimum absolute atomic E-state index is 0.198. The molecule has 3 aromatic rings. The first-order valence-corrected chi connectivity index (χ1v) is 13.5. The van der Waals surface area contributed by atoms with Crippen molar-refractivity contribution in [3.05, 3.63) is 97.2 Å². The normalized spacial score (nSPS) is 13.2. The highest BCUT2D eigenvalue weighted by molar-refractivity contribution is 6.27. The molecule has 2 aromatic carbocycles. The summed E-state index contributed by atoms with van der Waals surface area (Å²) in [6.45, 7) is 8.55. The Balaban J connectivity index is 1.73. The van der Waals surface area contributed by atoms with Crippen LogP contribution in [0.5, 0.6) is 0 Å². The van der Waals surface area contributed by atoms with E-state index in [9.17, 15) is 14.4 Å². The molecule has 3 atom stereocenters. The van der Waals surface area contributed by atoms with Gasteiger partial charge in [-0.05, 0) is 36.5 Å². The molecule has 1 aromatic heterocycles. The van der Waals surface area contributed by atoms with Crippen molar-refractivity contribution in [1.82, 2.24) is 26.3 Å². The molecule has 0 saturated heterocycles. The monoisotopic (exact) mass is 549 g/mol. The third-order valence-electron chi connectivity index (χ3n) is 6.26. The molecule has 206 valence electrons. The van der Waals surface area contributed by atoms with Gasteiger partial charge in [-0.3, -0.25) is 14.4 Å². The average Bonchev–Trinajstić information content (AvgIpc) is 3.35. The number of fused-ring (bicyclic) bond motifs is 1. The number of carbonyl (C=O) groups excluding carboxylic acids is 3. The zero-order valence-corrected chi connectivity index (χ0v) is 22.7. The highest BCUT2D eigenvalue weighted by Gasteiger charge is 2.27. The second-order valence-corrected chi connectivity index (χ2v) is 9.52. The Hall–Kier alpha value is -3.88. The molecule has 39 heavy (non-hydrogen) atoms. The smallest absolute Gasteiger partial charge is 0.243 e. The van der Waals surface area contributed by atoms with E-state index in [4.69, 9.17) is 11.6 Å². The number of carbonyl (C=O) groups is 3. The molecule has 1 heterocycles. The lowest BCUT2D eigenvalue weighted by molar-refractivity contribution is -0.131. The molecule has 8 nitrogen and oxygen atoms in total. The summed E-state index contributed by atoms with van der Waals surface area (Å²) in [4.78, 5) is 41.4. The van der Waals surface area contributed by atoms with E-state index < -0.39 is 23.9 Å². The lowest BCUT2D eigenvalue weighted by Crippen LogP contribution is -2.56. The summed E-state index contributed by atoms with van der Waals surface area (Å²) in [5.41, 5.74) is 3.24. The largest absolute Gasteiger partial charge is 0.361 e. The predicted octanol–water partition coefficient (Wildman–Crippen LogP) is 3.35. The van der Waals surface area contributed by atoms with Gasteiger partial charge in [0.1, 0.15) is 18.0 Å². The van der Waals surface area contributed by atoms with Gasteiger partial charge in [0.15, 0.2) is 0 Å². The summed E-state index contributed by atoms with van der Waals surface area (Å²) in [5, 5.41) is 13.0. The summed E-state index contributed by atoms with van der Waals surface area (Å²) in [6.07, 6.45) is 6.06. The highest BCUT2D eigenvalue weighted by atomic mass is 35.5. The van der Waals surface area contributed by atoms with Crippen molar-refractivity contribution in [1.29, 1.82) is 0 Å². The first kappa shape index (κ1) is 29.7. The molecule has 0 aliphatic carbocycles. The van der Waals surface area contributed by atoms with Crippen molar-refractivity contribution in [3.8, 4) is 0 Å². The van der Waals surface area contributed by atoms with Crippen LogP contribution in [0.4, 0.5) is 0 Å². The van der Waals surface area contributed by atoms with E-state index in [-0.39, 0.29) is 30.7 Å². The van der Waals surface area contributed by atoms with E-state index in [1.54, 1.807) is 6.08 Å². The molecular formula is C30H36ClN5O3. The molecule has 0 aliphatic heterocycles. The fourth-order valence-corrected chi connectivity index (χ4v) is 4.41. The second-order valence-electron chi connectivity index (χ2n) is 9.25. The SMILES string of the molecule is C=CC[C@H](NC(=O)CCl)C(=O)N[C@@H](CC=C)C(=O)N[C@H](CNCc1ccccc1)Cc1c[nH]c2ccccc12. The van der Waals surface area contributed by atoms with Crippen LogP contribution in [-0.2, 0) is 27.3 Å². The zero-order chi connectivity index (χ0) is 28.0. The summed E-state index contributed by atoms with van der Waals surface area (Å²) in [7, 11) is 0. The van der Waals surface area contributed by atoms with Crippen LogP contribution in [-0.4, -0.2) is 53.3 Å². The third-order valence-corrected chi connectivity index (χ3v) is 6.50. The molecule has 3 amide bonds. The van der Waals surface area contributed by atoms with E-state index in [1.165, 1.54) is 6.08 Å². The van der Waals surface area contributed by atoms with Crippen LogP contribution in [0.2, 0.25) is 0 Å². The first-order chi connectivity index (χ1) is 18.9. The Morgan fingerprint density at radius 3 is 2.21 bits per heavy atom. The molecule has 0 aliphatic rings. The van der Waals surface area contributed by atoms with Gasteiger partial charge < -0.3 is 26.3 Å². The van der Waals surface area contributed by atoms with Crippen molar-refractivity contribution in [3.63, 3.8) is 0 Å². The minimum Gasteiger partial charge on any atom is -0.361 e. The number of para-hydroxylation sites is 1. The molecule has 0 radical (unpaired) electrons. The Morgan fingerprint density at radius 1 is 0.872 bits per heavy atom. The molecule has 9 heteroatoms. The third kappa shape index (κ3) is 9.12. The van der Waals surface area contributed by atoms with Crippen LogP contribution < -0.4 is 21.3 Å². The fraction of sp³-hybridized carbons (Fsp3) is 0.300. The number of benzene rings is 2.